The van der Waals surface area contributed by atoms with Crippen LogP contribution < -0.4 is 5.32 Å². The van der Waals surface area contributed by atoms with Gasteiger partial charge < -0.3 is 10.4 Å². The number of anilines is 1. The fourth-order valence-electron chi connectivity index (χ4n) is 3.35. The SMILES string of the molecule is CC1CCN(S(=O)(=O)c2ccc(NC[C@@H](O)c3ccccc3)c([N+](=O)[O-])c2)CC1. The second kappa shape index (κ2) is 8.89. The van der Waals surface area contributed by atoms with Gasteiger partial charge in [-0.2, -0.15) is 4.31 Å². The van der Waals surface area contributed by atoms with Crippen LogP contribution in [0.3, 0.4) is 0 Å². The van der Waals surface area contributed by atoms with Crippen molar-refractivity contribution in [2.24, 2.45) is 5.92 Å². The minimum atomic E-state index is -3.78. The van der Waals surface area contributed by atoms with Crippen LogP contribution in [-0.4, -0.2) is 42.4 Å². The van der Waals surface area contributed by atoms with Crippen LogP contribution in [-0.2, 0) is 10.0 Å². The van der Waals surface area contributed by atoms with E-state index in [0.29, 0.717) is 24.6 Å². The van der Waals surface area contributed by atoms with E-state index in [4.69, 9.17) is 0 Å². The Hall–Kier alpha value is -2.49. The van der Waals surface area contributed by atoms with Crippen molar-refractivity contribution in [3.05, 3.63) is 64.2 Å². The molecule has 8 nitrogen and oxygen atoms in total. The van der Waals surface area contributed by atoms with Crippen molar-refractivity contribution >= 4 is 21.4 Å². The van der Waals surface area contributed by atoms with Gasteiger partial charge in [-0.05, 0) is 36.5 Å². The number of benzene rings is 2. The van der Waals surface area contributed by atoms with E-state index in [1.165, 1.54) is 16.4 Å². The average molecular weight is 420 g/mol. The van der Waals surface area contributed by atoms with Crippen LogP contribution in [0, 0.1) is 16.0 Å². The summed E-state index contributed by atoms with van der Waals surface area (Å²) in [7, 11) is -3.78. The first-order valence-corrected chi connectivity index (χ1v) is 11.0. The minimum Gasteiger partial charge on any atom is -0.387 e. The number of rotatable bonds is 7. The third kappa shape index (κ3) is 4.92. The van der Waals surface area contributed by atoms with E-state index in [0.717, 1.165) is 18.9 Å². The first-order chi connectivity index (χ1) is 13.8. The topological polar surface area (TPSA) is 113 Å². The summed E-state index contributed by atoms with van der Waals surface area (Å²) in [6.07, 6.45) is 0.700. The fourth-order valence-corrected chi connectivity index (χ4v) is 4.84. The molecule has 0 spiro atoms. The molecule has 1 atom stereocenters. The molecular weight excluding hydrogens is 394 g/mol. The lowest BCUT2D eigenvalue weighted by atomic mass is 10.0. The minimum absolute atomic E-state index is 0.0565. The third-order valence-electron chi connectivity index (χ3n) is 5.22. The number of nitro benzene ring substituents is 1. The van der Waals surface area contributed by atoms with E-state index in [2.05, 4.69) is 12.2 Å². The lowest BCUT2D eigenvalue weighted by molar-refractivity contribution is -0.384. The fraction of sp³-hybridized carbons (Fsp3) is 0.400. The molecule has 2 N–H and O–H groups in total. The van der Waals surface area contributed by atoms with E-state index in [1.807, 2.05) is 6.07 Å². The molecule has 1 aliphatic rings. The second-order valence-corrected chi connectivity index (χ2v) is 9.27. The summed E-state index contributed by atoms with van der Waals surface area (Å²) < 4.78 is 27.1. The highest BCUT2D eigenvalue weighted by atomic mass is 32.2. The molecule has 1 heterocycles. The zero-order valence-corrected chi connectivity index (χ0v) is 17.0. The monoisotopic (exact) mass is 419 g/mol. The molecule has 3 rings (SSSR count). The number of hydrogen-bond acceptors (Lipinski definition) is 6. The number of piperidine rings is 1. The summed E-state index contributed by atoms with van der Waals surface area (Å²) in [4.78, 5) is 10.8. The van der Waals surface area contributed by atoms with Crippen LogP contribution in [0.5, 0.6) is 0 Å². The molecule has 2 aromatic rings. The molecule has 156 valence electrons. The van der Waals surface area contributed by atoms with Gasteiger partial charge in [0.15, 0.2) is 0 Å². The lowest BCUT2D eigenvalue weighted by Crippen LogP contribution is -2.37. The van der Waals surface area contributed by atoms with Crippen molar-refractivity contribution in [1.82, 2.24) is 4.31 Å². The molecule has 1 aliphatic heterocycles. The quantitative estimate of drug-likeness (QED) is 0.526. The zero-order chi connectivity index (χ0) is 21.0. The second-order valence-electron chi connectivity index (χ2n) is 7.33. The molecule has 0 radical (unpaired) electrons. The Morgan fingerprint density at radius 2 is 1.86 bits per heavy atom. The van der Waals surface area contributed by atoms with E-state index in [1.54, 1.807) is 24.3 Å². The molecule has 0 unspecified atom stereocenters. The predicted octanol–water partition coefficient (Wildman–Crippen LogP) is 3.16. The van der Waals surface area contributed by atoms with E-state index in [9.17, 15) is 23.6 Å². The van der Waals surface area contributed by atoms with Crippen LogP contribution >= 0.6 is 0 Å². The zero-order valence-electron chi connectivity index (χ0n) is 16.2. The number of nitrogens with one attached hydrogen (secondary N) is 1. The van der Waals surface area contributed by atoms with Gasteiger partial charge in [0.05, 0.1) is 15.9 Å². The maximum atomic E-state index is 12.9. The van der Waals surface area contributed by atoms with Crippen molar-refractivity contribution in [2.45, 2.75) is 30.8 Å². The maximum Gasteiger partial charge on any atom is 0.293 e. The number of nitro groups is 1. The molecule has 1 fully saturated rings. The normalized spacial score (nSPS) is 17.0. The first kappa shape index (κ1) is 21.2. The summed E-state index contributed by atoms with van der Waals surface area (Å²) >= 11 is 0. The van der Waals surface area contributed by atoms with Gasteiger partial charge in [0.1, 0.15) is 5.69 Å². The molecular formula is C20H25N3O5S. The Balaban J connectivity index is 1.79. The Bertz CT molecular complexity index is 957. The van der Waals surface area contributed by atoms with Gasteiger partial charge in [0.2, 0.25) is 10.0 Å². The van der Waals surface area contributed by atoms with Crippen LogP contribution in [0.4, 0.5) is 11.4 Å². The highest BCUT2D eigenvalue weighted by Crippen LogP contribution is 2.31. The van der Waals surface area contributed by atoms with Gasteiger partial charge in [-0.25, -0.2) is 8.42 Å². The molecule has 0 amide bonds. The Kier molecular flexibility index (Phi) is 6.51. The number of hydrogen-bond donors (Lipinski definition) is 2. The van der Waals surface area contributed by atoms with Crippen LogP contribution in [0.2, 0.25) is 0 Å². The summed E-state index contributed by atoms with van der Waals surface area (Å²) in [6, 6.07) is 12.8. The molecule has 0 saturated carbocycles. The Morgan fingerprint density at radius 1 is 1.21 bits per heavy atom. The molecule has 0 aliphatic carbocycles. The lowest BCUT2D eigenvalue weighted by Gasteiger charge is -2.29. The molecule has 29 heavy (non-hydrogen) atoms. The van der Waals surface area contributed by atoms with Crippen molar-refractivity contribution in [3.63, 3.8) is 0 Å². The highest BCUT2D eigenvalue weighted by Gasteiger charge is 2.30. The molecule has 0 aromatic heterocycles. The molecule has 0 bridgehead atoms. The van der Waals surface area contributed by atoms with Gasteiger partial charge in [0.25, 0.3) is 5.69 Å². The highest BCUT2D eigenvalue weighted by molar-refractivity contribution is 7.89. The predicted molar refractivity (Wildman–Crippen MR) is 110 cm³/mol. The van der Waals surface area contributed by atoms with Crippen molar-refractivity contribution in [3.8, 4) is 0 Å². The average Bonchev–Trinajstić information content (AvgIpc) is 2.72. The smallest absolute Gasteiger partial charge is 0.293 e. The van der Waals surface area contributed by atoms with Crippen LogP contribution in [0.25, 0.3) is 0 Å². The summed E-state index contributed by atoms with van der Waals surface area (Å²) in [5.41, 5.74) is 0.508. The van der Waals surface area contributed by atoms with Crippen molar-refractivity contribution in [2.75, 3.05) is 25.0 Å². The molecule has 9 heteroatoms. The Labute approximate surface area is 170 Å². The van der Waals surface area contributed by atoms with Gasteiger partial charge in [0, 0.05) is 25.7 Å². The van der Waals surface area contributed by atoms with Gasteiger partial charge >= 0.3 is 0 Å². The summed E-state index contributed by atoms with van der Waals surface area (Å²) in [6.45, 7) is 2.97. The number of sulfonamides is 1. The largest absolute Gasteiger partial charge is 0.387 e. The van der Waals surface area contributed by atoms with E-state index >= 15 is 0 Å². The number of nitrogens with zero attached hydrogens (tertiary/aromatic N) is 2. The van der Waals surface area contributed by atoms with Crippen molar-refractivity contribution < 1.29 is 18.4 Å². The molecule has 1 saturated heterocycles. The van der Waals surface area contributed by atoms with Crippen LogP contribution in [0.15, 0.2) is 53.4 Å². The van der Waals surface area contributed by atoms with Gasteiger partial charge in [-0.15, -0.1) is 0 Å². The van der Waals surface area contributed by atoms with Crippen LogP contribution in [0.1, 0.15) is 31.4 Å². The Morgan fingerprint density at radius 3 is 2.48 bits per heavy atom. The standard InChI is InChI=1S/C20H25N3O5S/c1-15-9-11-22(12-10-15)29(27,28)17-7-8-18(19(13-17)23(25)26)21-14-20(24)16-5-3-2-4-6-16/h2-8,13,15,20-21,24H,9-12,14H2,1H3/t20-/m1/s1. The first-order valence-electron chi connectivity index (χ1n) is 9.54. The van der Waals surface area contributed by atoms with E-state index in [-0.39, 0.29) is 22.8 Å². The maximum absolute atomic E-state index is 12.9. The number of aliphatic hydroxyl groups is 1. The number of aliphatic hydroxyl groups excluding tert-OH is 1. The third-order valence-corrected chi connectivity index (χ3v) is 7.11. The van der Waals surface area contributed by atoms with Gasteiger partial charge in [-0.3, -0.25) is 10.1 Å². The van der Waals surface area contributed by atoms with E-state index < -0.39 is 21.1 Å². The van der Waals surface area contributed by atoms with Gasteiger partial charge in [-0.1, -0.05) is 37.3 Å². The summed E-state index contributed by atoms with van der Waals surface area (Å²) in [5, 5.41) is 24.6. The summed E-state index contributed by atoms with van der Waals surface area (Å²) in [5.74, 6) is 0.471. The van der Waals surface area contributed by atoms with Crippen molar-refractivity contribution in [1.29, 1.82) is 0 Å². The molecule has 2 aromatic carbocycles.